The van der Waals surface area contributed by atoms with Crippen LogP contribution in [0.25, 0.3) is 17.1 Å². The van der Waals surface area contributed by atoms with Crippen molar-refractivity contribution in [3.05, 3.63) is 129 Å². The second-order valence-corrected chi connectivity index (χ2v) is 10.2. The Bertz CT molecular complexity index is 1710. The van der Waals surface area contributed by atoms with Crippen LogP contribution in [0.15, 0.2) is 113 Å². The summed E-state index contributed by atoms with van der Waals surface area (Å²) in [6.07, 6.45) is 1.50. The fourth-order valence-corrected chi connectivity index (χ4v) is 4.76. The van der Waals surface area contributed by atoms with Crippen LogP contribution in [0, 0.1) is 10.1 Å². The Kier molecular flexibility index (Phi) is 9.22. The molecule has 0 atom stereocenters. The minimum absolute atomic E-state index is 0.0162. The number of para-hydroxylation sites is 2. The molecule has 1 heterocycles. The number of non-ortho nitro benzene ring substituents is 1. The predicted octanol–water partition coefficient (Wildman–Crippen LogP) is 6.32. The zero-order valence-electron chi connectivity index (χ0n) is 22.0. The molecule has 10 nitrogen and oxygen atoms in total. The number of rotatable bonds is 11. The number of hydrogen-bond acceptors (Lipinski definition) is 8. The number of hydrogen-bond donors (Lipinski definition) is 1. The molecule has 0 spiro atoms. The summed E-state index contributed by atoms with van der Waals surface area (Å²) in [6, 6.07) is 30.3. The minimum Gasteiger partial charge on any atom is -0.488 e. The number of nitro benzene ring substituents is 1. The number of hydrazone groups is 1. The zero-order valence-corrected chi connectivity index (χ0v) is 23.5. The molecule has 0 unspecified atom stereocenters. The highest BCUT2D eigenvalue weighted by Crippen LogP contribution is 2.28. The highest BCUT2D eigenvalue weighted by molar-refractivity contribution is 7.99. The van der Waals surface area contributed by atoms with Crippen LogP contribution in [0.1, 0.15) is 11.1 Å². The van der Waals surface area contributed by atoms with E-state index in [0.29, 0.717) is 27.3 Å². The predicted molar refractivity (Wildman–Crippen MR) is 162 cm³/mol. The van der Waals surface area contributed by atoms with E-state index in [1.165, 1.54) is 30.1 Å². The van der Waals surface area contributed by atoms with Crippen LogP contribution in [0.5, 0.6) is 5.75 Å². The van der Waals surface area contributed by atoms with Crippen LogP contribution in [-0.4, -0.2) is 37.6 Å². The van der Waals surface area contributed by atoms with Crippen molar-refractivity contribution in [2.75, 3.05) is 5.75 Å². The molecule has 5 rings (SSSR count). The molecular formula is C30H23ClN6O4S. The van der Waals surface area contributed by atoms with E-state index in [1.807, 2.05) is 59.2 Å². The van der Waals surface area contributed by atoms with E-state index in [1.54, 1.807) is 36.4 Å². The molecule has 210 valence electrons. The number of nitrogens with one attached hydrogen (secondary N) is 1. The van der Waals surface area contributed by atoms with E-state index >= 15 is 0 Å². The summed E-state index contributed by atoms with van der Waals surface area (Å²) in [5.41, 5.74) is 5.69. The van der Waals surface area contributed by atoms with Crippen molar-refractivity contribution in [2.45, 2.75) is 11.8 Å². The van der Waals surface area contributed by atoms with Crippen molar-refractivity contribution in [1.29, 1.82) is 0 Å². The normalized spacial score (nSPS) is 11.0. The Hall–Kier alpha value is -5.00. The van der Waals surface area contributed by atoms with Gasteiger partial charge in [-0.15, -0.1) is 10.2 Å². The van der Waals surface area contributed by atoms with Crippen molar-refractivity contribution in [3.8, 4) is 22.8 Å². The molecule has 1 N–H and O–H groups in total. The van der Waals surface area contributed by atoms with E-state index in [-0.39, 0.29) is 24.0 Å². The van der Waals surface area contributed by atoms with Gasteiger partial charge in [-0.1, -0.05) is 53.7 Å². The Labute approximate surface area is 250 Å². The van der Waals surface area contributed by atoms with Gasteiger partial charge in [-0.2, -0.15) is 5.10 Å². The maximum absolute atomic E-state index is 12.6. The molecule has 42 heavy (non-hydrogen) atoms. The monoisotopic (exact) mass is 598 g/mol. The SMILES string of the molecule is O=C(CSc1nnc(-c2ccc(Cl)cc2)n1-c1ccccc1)NN=Cc1ccccc1OCc1ccc([N+](=O)[O-])cc1. The molecule has 0 fully saturated rings. The first-order valence-electron chi connectivity index (χ1n) is 12.6. The Balaban J connectivity index is 1.22. The second kappa shape index (κ2) is 13.6. The van der Waals surface area contributed by atoms with Gasteiger partial charge in [0, 0.05) is 34.0 Å². The number of halogens is 1. The third-order valence-corrected chi connectivity index (χ3v) is 7.12. The van der Waals surface area contributed by atoms with Crippen molar-refractivity contribution in [3.63, 3.8) is 0 Å². The molecule has 1 aromatic heterocycles. The summed E-state index contributed by atoms with van der Waals surface area (Å²) in [5.74, 6) is 0.913. The summed E-state index contributed by atoms with van der Waals surface area (Å²) < 4.78 is 7.78. The standard InChI is InChI=1S/C30H23ClN6O4S/c31-24-14-12-22(13-15-24)29-34-35-30(36(29)25-7-2-1-3-8-25)42-20-28(38)33-32-18-23-6-4-5-9-27(23)41-19-21-10-16-26(17-11-21)37(39)40/h1-18H,19-20H2,(H,33,38). The molecule has 0 saturated heterocycles. The molecule has 12 heteroatoms. The van der Waals surface area contributed by atoms with Crippen LogP contribution in [0.2, 0.25) is 5.02 Å². The molecule has 0 bridgehead atoms. The number of thioether (sulfide) groups is 1. The topological polar surface area (TPSA) is 125 Å². The first-order chi connectivity index (χ1) is 20.5. The molecule has 1 amide bonds. The van der Waals surface area contributed by atoms with Crippen LogP contribution >= 0.6 is 23.4 Å². The lowest BCUT2D eigenvalue weighted by atomic mass is 10.2. The molecule has 0 aliphatic rings. The summed E-state index contributed by atoms with van der Waals surface area (Å²) in [4.78, 5) is 23.0. The Morgan fingerprint density at radius 2 is 1.69 bits per heavy atom. The van der Waals surface area contributed by atoms with Gasteiger partial charge in [-0.05, 0) is 66.2 Å². The summed E-state index contributed by atoms with van der Waals surface area (Å²) in [7, 11) is 0. The number of amides is 1. The molecule has 0 radical (unpaired) electrons. The average molecular weight is 599 g/mol. The number of benzene rings is 4. The number of nitrogens with zero attached hydrogens (tertiary/aromatic N) is 5. The third kappa shape index (κ3) is 7.19. The van der Waals surface area contributed by atoms with Gasteiger partial charge >= 0.3 is 0 Å². The van der Waals surface area contributed by atoms with Crippen LogP contribution in [-0.2, 0) is 11.4 Å². The van der Waals surface area contributed by atoms with E-state index in [4.69, 9.17) is 16.3 Å². The molecule has 0 aliphatic carbocycles. The van der Waals surface area contributed by atoms with Gasteiger partial charge in [0.2, 0.25) is 0 Å². The van der Waals surface area contributed by atoms with Gasteiger partial charge in [0.1, 0.15) is 12.4 Å². The molecule has 4 aromatic carbocycles. The number of carbonyl (C=O) groups excluding carboxylic acids is 1. The van der Waals surface area contributed by atoms with Crippen LogP contribution < -0.4 is 10.2 Å². The van der Waals surface area contributed by atoms with Gasteiger partial charge in [0.05, 0.1) is 16.9 Å². The van der Waals surface area contributed by atoms with Crippen molar-refractivity contribution in [2.24, 2.45) is 5.10 Å². The summed E-state index contributed by atoms with van der Waals surface area (Å²) in [5, 5.41) is 24.8. The first kappa shape index (κ1) is 28.5. The average Bonchev–Trinajstić information content (AvgIpc) is 3.44. The molecule has 0 saturated carbocycles. The molecule has 5 aromatic rings. The van der Waals surface area contributed by atoms with E-state index in [2.05, 4.69) is 20.7 Å². The van der Waals surface area contributed by atoms with Crippen molar-refractivity contribution in [1.82, 2.24) is 20.2 Å². The van der Waals surface area contributed by atoms with E-state index in [0.717, 1.165) is 16.8 Å². The lowest BCUT2D eigenvalue weighted by molar-refractivity contribution is -0.384. The highest BCUT2D eigenvalue weighted by atomic mass is 35.5. The van der Waals surface area contributed by atoms with Gasteiger partial charge in [-0.25, -0.2) is 5.43 Å². The Morgan fingerprint density at radius 1 is 0.976 bits per heavy atom. The molecule has 0 aliphatic heterocycles. The second-order valence-electron chi connectivity index (χ2n) is 8.82. The van der Waals surface area contributed by atoms with E-state index < -0.39 is 4.92 Å². The van der Waals surface area contributed by atoms with Gasteiger partial charge < -0.3 is 4.74 Å². The van der Waals surface area contributed by atoms with Gasteiger partial charge in [0.25, 0.3) is 11.6 Å². The number of ether oxygens (including phenoxy) is 1. The first-order valence-corrected chi connectivity index (χ1v) is 14.0. The fourth-order valence-electron chi connectivity index (χ4n) is 3.89. The lowest BCUT2D eigenvalue weighted by Gasteiger charge is -2.10. The van der Waals surface area contributed by atoms with Crippen molar-refractivity contribution >= 4 is 41.2 Å². The summed E-state index contributed by atoms with van der Waals surface area (Å²) >= 11 is 7.30. The van der Waals surface area contributed by atoms with E-state index in [9.17, 15) is 14.9 Å². The fraction of sp³-hybridized carbons (Fsp3) is 0.0667. The van der Waals surface area contributed by atoms with Gasteiger partial charge in [-0.3, -0.25) is 19.5 Å². The van der Waals surface area contributed by atoms with Crippen LogP contribution in [0.4, 0.5) is 5.69 Å². The van der Waals surface area contributed by atoms with Crippen LogP contribution in [0.3, 0.4) is 0 Å². The maximum Gasteiger partial charge on any atom is 0.269 e. The number of nitro groups is 1. The number of carbonyl (C=O) groups is 1. The smallest absolute Gasteiger partial charge is 0.269 e. The minimum atomic E-state index is -0.448. The van der Waals surface area contributed by atoms with Gasteiger partial charge in [0.15, 0.2) is 11.0 Å². The van der Waals surface area contributed by atoms with Crippen molar-refractivity contribution < 1.29 is 14.5 Å². The third-order valence-electron chi connectivity index (χ3n) is 5.94. The summed E-state index contributed by atoms with van der Waals surface area (Å²) in [6.45, 7) is 0.214. The quantitative estimate of drug-likeness (QED) is 0.0816. The largest absolute Gasteiger partial charge is 0.488 e. The maximum atomic E-state index is 12.6. The molecular weight excluding hydrogens is 576 g/mol. The highest BCUT2D eigenvalue weighted by Gasteiger charge is 2.17. The number of aromatic nitrogens is 3. The lowest BCUT2D eigenvalue weighted by Crippen LogP contribution is -2.20. The zero-order chi connectivity index (χ0) is 29.3. The Morgan fingerprint density at radius 3 is 2.43 bits per heavy atom.